The molecule has 0 spiro atoms. The van der Waals surface area contributed by atoms with E-state index < -0.39 is 10.0 Å². The first-order valence-electron chi connectivity index (χ1n) is 12.8. The van der Waals surface area contributed by atoms with Crippen LogP contribution in [0, 0.1) is 0 Å². The van der Waals surface area contributed by atoms with Crippen LogP contribution in [0.1, 0.15) is 21.6 Å². The summed E-state index contributed by atoms with van der Waals surface area (Å²) >= 11 is 0. The van der Waals surface area contributed by atoms with Crippen molar-refractivity contribution in [2.75, 3.05) is 53.1 Å². The van der Waals surface area contributed by atoms with E-state index in [4.69, 9.17) is 4.98 Å². The van der Waals surface area contributed by atoms with Crippen LogP contribution in [0.3, 0.4) is 0 Å². The topological polar surface area (TPSA) is 125 Å². The smallest absolute Gasteiger partial charge is 0.251 e. The minimum Gasteiger partial charge on any atom is -0.353 e. The van der Waals surface area contributed by atoms with Crippen molar-refractivity contribution in [2.24, 2.45) is 0 Å². The predicted octanol–water partition coefficient (Wildman–Crippen LogP) is 2.00. The Kier molecular flexibility index (Phi) is 6.47. The van der Waals surface area contributed by atoms with Gasteiger partial charge in [0, 0.05) is 56.1 Å². The highest BCUT2D eigenvalue weighted by Crippen LogP contribution is 2.31. The molecule has 0 radical (unpaired) electrons. The van der Waals surface area contributed by atoms with E-state index in [2.05, 4.69) is 30.3 Å². The van der Waals surface area contributed by atoms with E-state index in [-0.39, 0.29) is 12.5 Å². The third-order valence-corrected chi connectivity index (χ3v) is 8.31. The fourth-order valence-corrected chi connectivity index (χ4v) is 6.01. The molecule has 12 heteroatoms. The molecule has 3 aromatic heterocycles. The Bertz CT molecular complexity index is 1640. The summed E-state index contributed by atoms with van der Waals surface area (Å²) < 4.78 is 25.5. The molecule has 39 heavy (non-hydrogen) atoms. The van der Waals surface area contributed by atoms with Crippen molar-refractivity contribution in [2.45, 2.75) is 13.0 Å². The number of nitrogens with zero attached hydrogens (tertiary/aromatic N) is 7. The van der Waals surface area contributed by atoms with Gasteiger partial charge in [-0.2, -0.15) is 5.10 Å². The maximum absolute atomic E-state index is 12.9. The number of hydrogen-bond acceptors (Lipinski definition) is 9. The Hall–Kier alpha value is -4.32. The molecule has 1 saturated heterocycles. The summed E-state index contributed by atoms with van der Waals surface area (Å²) in [6.07, 6.45) is 5.25. The summed E-state index contributed by atoms with van der Waals surface area (Å²) in [4.78, 5) is 26.7. The van der Waals surface area contributed by atoms with E-state index in [1.807, 2.05) is 36.4 Å². The fourth-order valence-electron chi connectivity index (χ4n) is 5.06. The highest BCUT2D eigenvalue weighted by molar-refractivity contribution is 7.92. The Balaban J connectivity index is 1.12. The predicted molar refractivity (Wildman–Crippen MR) is 150 cm³/mol. The number of pyridine rings is 2. The molecule has 0 bridgehead atoms. The van der Waals surface area contributed by atoms with Gasteiger partial charge in [-0.3, -0.25) is 14.1 Å². The summed E-state index contributed by atoms with van der Waals surface area (Å²) in [5, 5.41) is 12.0. The zero-order valence-electron chi connectivity index (χ0n) is 21.5. The first kappa shape index (κ1) is 25.0. The van der Waals surface area contributed by atoms with Gasteiger partial charge in [-0.25, -0.2) is 13.4 Å². The molecule has 0 aliphatic carbocycles. The van der Waals surface area contributed by atoms with Crippen LogP contribution in [0.2, 0.25) is 0 Å². The SMILES string of the molecule is CS(=O)(=O)N1CCc2ccc(C(=O)NCc3cc4nc(N5CCN(c6cccnn6)CC5)ccc4cn3)cc21. The largest absolute Gasteiger partial charge is 0.353 e. The number of aromatic nitrogens is 4. The minimum atomic E-state index is -3.39. The van der Waals surface area contributed by atoms with Crippen LogP contribution >= 0.6 is 0 Å². The Morgan fingerprint density at radius 1 is 0.974 bits per heavy atom. The minimum absolute atomic E-state index is 0.227. The molecule has 11 nitrogen and oxygen atoms in total. The lowest BCUT2D eigenvalue weighted by molar-refractivity contribution is 0.0950. The number of rotatable bonds is 6. The highest BCUT2D eigenvalue weighted by atomic mass is 32.2. The molecule has 2 aliphatic rings. The number of piperazine rings is 1. The van der Waals surface area contributed by atoms with Crippen LogP contribution < -0.4 is 19.4 Å². The maximum Gasteiger partial charge on any atom is 0.251 e. The molecule has 0 unspecified atom stereocenters. The molecule has 0 saturated carbocycles. The molecule has 0 atom stereocenters. The monoisotopic (exact) mass is 544 g/mol. The molecular weight excluding hydrogens is 516 g/mol. The number of nitrogens with one attached hydrogen (secondary N) is 1. The number of carbonyl (C=O) groups is 1. The van der Waals surface area contributed by atoms with Crippen LogP contribution in [0.25, 0.3) is 10.9 Å². The number of hydrogen-bond donors (Lipinski definition) is 1. The van der Waals surface area contributed by atoms with Crippen molar-refractivity contribution in [3.05, 3.63) is 77.7 Å². The molecule has 1 amide bonds. The van der Waals surface area contributed by atoms with Gasteiger partial charge in [0.25, 0.3) is 5.91 Å². The molecule has 6 rings (SSSR count). The van der Waals surface area contributed by atoms with E-state index in [0.29, 0.717) is 29.9 Å². The van der Waals surface area contributed by atoms with Gasteiger partial charge in [0.1, 0.15) is 5.82 Å². The highest BCUT2D eigenvalue weighted by Gasteiger charge is 2.27. The summed E-state index contributed by atoms with van der Waals surface area (Å²) in [5.74, 6) is 1.49. The number of carbonyl (C=O) groups excluding carboxylic acids is 1. The average Bonchev–Trinajstić information content (AvgIpc) is 3.40. The quantitative estimate of drug-likeness (QED) is 0.388. The van der Waals surface area contributed by atoms with Gasteiger partial charge >= 0.3 is 0 Å². The number of anilines is 3. The van der Waals surface area contributed by atoms with E-state index >= 15 is 0 Å². The Morgan fingerprint density at radius 2 is 1.77 bits per heavy atom. The van der Waals surface area contributed by atoms with Gasteiger partial charge in [-0.1, -0.05) is 6.07 Å². The van der Waals surface area contributed by atoms with Gasteiger partial charge in [0.2, 0.25) is 10.0 Å². The second-order valence-electron chi connectivity index (χ2n) is 9.71. The van der Waals surface area contributed by atoms with Crippen LogP contribution in [0.15, 0.2) is 60.9 Å². The van der Waals surface area contributed by atoms with Gasteiger partial charge in [-0.05, 0) is 54.4 Å². The van der Waals surface area contributed by atoms with Gasteiger partial charge in [-0.15, -0.1) is 5.10 Å². The van der Waals surface area contributed by atoms with Crippen LogP contribution in [-0.4, -0.2) is 73.5 Å². The van der Waals surface area contributed by atoms with Crippen molar-refractivity contribution in [3.8, 4) is 0 Å². The molecule has 4 aromatic rings. The van der Waals surface area contributed by atoms with Gasteiger partial charge in [0.05, 0.1) is 29.7 Å². The molecule has 5 heterocycles. The third-order valence-electron chi connectivity index (χ3n) is 7.13. The second-order valence-corrected chi connectivity index (χ2v) is 11.6. The summed E-state index contributed by atoms with van der Waals surface area (Å²) in [6.45, 7) is 3.92. The molecular formula is C27H28N8O3S. The van der Waals surface area contributed by atoms with E-state index in [0.717, 1.165) is 54.3 Å². The van der Waals surface area contributed by atoms with Crippen molar-refractivity contribution < 1.29 is 13.2 Å². The number of benzene rings is 1. The Morgan fingerprint density at radius 3 is 2.51 bits per heavy atom. The molecule has 200 valence electrons. The van der Waals surface area contributed by atoms with E-state index in [1.165, 1.54) is 10.6 Å². The third kappa shape index (κ3) is 5.19. The zero-order chi connectivity index (χ0) is 27.0. The van der Waals surface area contributed by atoms with Crippen molar-refractivity contribution >= 4 is 44.2 Å². The lowest BCUT2D eigenvalue weighted by atomic mass is 10.1. The van der Waals surface area contributed by atoms with Crippen LogP contribution in [0.4, 0.5) is 17.3 Å². The molecule has 1 fully saturated rings. The van der Waals surface area contributed by atoms with Gasteiger partial charge < -0.3 is 15.1 Å². The van der Waals surface area contributed by atoms with E-state index in [1.54, 1.807) is 24.5 Å². The lowest BCUT2D eigenvalue weighted by Crippen LogP contribution is -2.47. The number of sulfonamides is 1. The van der Waals surface area contributed by atoms with Gasteiger partial charge in [0.15, 0.2) is 5.82 Å². The van der Waals surface area contributed by atoms with E-state index in [9.17, 15) is 13.2 Å². The fraction of sp³-hybridized carbons (Fsp3) is 0.296. The van der Waals surface area contributed by atoms with Crippen LogP contribution in [-0.2, 0) is 23.0 Å². The number of amides is 1. The normalized spacial score (nSPS) is 15.5. The van der Waals surface area contributed by atoms with Crippen molar-refractivity contribution in [1.29, 1.82) is 0 Å². The maximum atomic E-state index is 12.9. The molecule has 1 aromatic carbocycles. The molecule has 1 N–H and O–H groups in total. The average molecular weight is 545 g/mol. The zero-order valence-corrected chi connectivity index (χ0v) is 22.3. The summed E-state index contributed by atoms with van der Waals surface area (Å²) in [6, 6.07) is 15.0. The van der Waals surface area contributed by atoms with Crippen molar-refractivity contribution in [3.63, 3.8) is 0 Å². The second kappa shape index (κ2) is 10.1. The lowest BCUT2D eigenvalue weighted by Gasteiger charge is -2.35. The first-order valence-corrected chi connectivity index (χ1v) is 14.6. The number of fused-ring (bicyclic) bond motifs is 2. The first-order chi connectivity index (χ1) is 18.8. The summed E-state index contributed by atoms with van der Waals surface area (Å²) in [5.41, 5.74) is 3.40. The summed E-state index contributed by atoms with van der Waals surface area (Å²) in [7, 11) is -3.39. The Labute approximate surface area is 226 Å². The van der Waals surface area contributed by atoms with Crippen molar-refractivity contribution in [1.82, 2.24) is 25.5 Å². The standard InChI is InChI=1S/C27H28N8O3S/c1-39(37,38)35-10-8-19-4-5-20(15-24(19)35)27(36)29-18-22-16-23-21(17-28-22)6-7-25(31-23)33-11-13-34(14-12-33)26-3-2-9-30-32-26/h2-7,9,15-17H,8,10-14,18H2,1H3,(H,29,36). The van der Waals surface area contributed by atoms with Crippen LogP contribution in [0.5, 0.6) is 0 Å². The molecule has 2 aliphatic heterocycles.